The quantitative estimate of drug-likeness (QED) is 0.793. The molecule has 5 nitrogen and oxygen atoms in total. The summed E-state index contributed by atoms with van der Waals surface area (Å²) in [6.07, 6.45) is 0. The van der Waals surface area contributed by atoms with Gasteiger partial charge in [-0.2, -0.15) is 0 Å². The van der Waals surface area contributed by atoms with Crippen molar-refractivity contribution >= 4 is 23.2 Å². The molecule has 114 valence electrons. The van der Waals surface area contributed by atoms with Crippen LogP contribution in [0.1, 0.15) is 15.9 Å². The van der Waals surface area contributed by atoms with Gasteiger partial charge in [0.05, 0.1) is 17.8 Å². The number of likely N-dealkylation sites (N-methyl/N-ethyl adjacent to an activating group) is 1. The molecule has 0 fully saturated rings. The maximum Gasteiger partial charge on any atom is 0.257 e. The zero-order chi connectivity index (χ0) is 15.9. The minimum Gasteiger partial charge on any atom is -0.324 e. The second kappa shape index (κ2) is 7.38. The van der Waals surface area contributed by atoms with Crippen LogP contribution in [-0.4, -0.2) is 25.4 Å². The largest absolute Gasteiger partial charge is 0.324 e. The molecule has 2 amide bonds. The van der Waals surface area contributed by atoms with Crippen LogP contribution in [0.3, 0.4) is 0 Å². The molecule has 2 aromatic carbocycles. The molecule has 0 atom stereocenters. The van der Waals surface area contributed by atoms with Gasteiger partial charge >= 0.3 is 0 Å². The highest BCUT2D eigenvalue weighted by atomic mass is 16.2. The highest BCUT2D eigenvalue weighted by Crippen LogP contribution is 2.18. The van der Waals surface area contributed by atoms with E-state index in [0.717, 1.165) is 11.3 Å². The number of hydrogen-bond donors (Lipinski definition) is 3. The monoisotopic (exact) mass is 297 g/mol. The van der Waals surface area contributed by atoms with Gasteiger partial charge in [0.25, 0.3) is 5.91 Å². The van der Waals surface area contributed by atoms with Crippen molar-refractivity contribution in [1.82, 2.24) is 5.32 Å². The van der Waals surface area contributed by atoms with Crippen molar-refractivity contribution in [3.63, 3.8) is 0 Å². The predicted octanol–water partition coefficient (Wildman–Crippen LogP) is 2.41. The summed E-state index contributed by atoms with van der Waals surface area (Å²) >= 11 is 0. The van der Waals surface area contributed by atoms with Gasteiger partial charge in [0.2, 0.25) is 5.91 Å². The fourth-order valence-corrected chi connectivity index (χ4v) is 2.07. The average Bonchev–Trinajstić information content (AvgIpc) is 2.48. The van der Waals surface area contributed by atoms with Crippen molar-refractivity contribution in [1.29, 1.82) is 0 Å². The molecule has 0 unspecified atom stereocenters. The van der Waals surface area contributed by atoms with Gasteiger partial charge in [-0.25, -0.2) is 0 Å². The lowest BCUT2D eigenvalue weighted by molar-refractivity contribution is -0.115. The van der Waals surface area contributed by atoms with Crippen molar-refractivity contribution in [2.75, 3.05) is 24.2 Å². The van der Waals surface area contributed by atoms with Crippen molar-refractivity contribution in [3.8, 4) is 0 Å². The predicted molar refractivity (Wildman–Crippen MR) is 88.1 cm³/mol. The van der Waals surface area contributed by atoms with Crippen LogP contribution in [-0.2, 0) is 4.79 Å². The average molecular weight is 297 g/mol. The molecular weight excluding hydrogens is 278 g/mol. The van der Waals surface area contributed by atoms with Crippen molar-refractivity contribution < 1.29 is 9.59 Å². The molecule has 0 saturated heterocycles. The van der Waals surface area contributed by atoms with Crippen LogP contribution in [0.25, 0.3) is 0 Å². The number of benzene rings is 2. The lowest BCUT2D eigenvalue weighted by Crippen LogP contribution is -2.26. The number of carbonyl (C=O) groups is 2. The third kappa shape index (κ3) is 4.17. The summed E-state index contributed by atoms with van der Waals surface area (Å²) in [6, 6.07) is 14.5. The van der Waals surface area contributed by atoms with E-state index < -0.39 is 0 Å². The van der Waals surface area contributed by atoms with Crippen LogP contribution in [0.5, 0.6) is 0 Å². The second-order valence-electron chi connectivity index (χ2n) is 4.95. The Hall–Kier alpha value is -2.66. The molecule has 0 radical (unpaired) electrons. The second-order valence-corrected chi connectivity index (χ2v) is 4.95. The van der Waals surface area contributed by atoms with Gasteiger partial charge in [0.1, 0.15) is 0 Å². The molecule has 22 heavy (non-hydrogen) atoms. The van der Waals surface area contributed by atoms with E-state index in [1.54, 1.807) is 31.3 Å². The topological polar surface area (TPSA) is 70.2 Å². The summed E-state index contributed by atoms with van der Waals surface area (Å²) in [5.41, 5.74) is 2.70. The Morgan fingerprint density at radius 3 is 2.50 bits per heavy atom. The number of carbonyl (C=O) groups excluding carboxylic acids is 2. The summed E-state index contributed by atoms with van der Waals surface area (Å²) in [6.45, 7) is 2.15. The van der Waals surface area contributed by atoms with Gasteiger partial charge in [-0.3, -0.25) is 9.59 Å². The number of hydrogen-bond acceptors (Lipinski definition) is 3. The molecule has 0 aliphatic rings. The summed E-state index contributed by atoms with van der Waals surface area (Å²) in [4.78, 5) is 24.1. The molecule has 0 bridgehead atoms. The summed E-state index contributed by atoms with van der Waals surface area (Å²) in [5.74, 6) is -0.454. The minimum absolute atomic E-state index is 0.188. The summed E-state index contributed by atoms with van der Waals surface area (Å²) < 4.78 is 0. The zero-order valence-corrected chi connectivity index (χ0v) is 12.6. The van der Waals surface area contributed by atoms with E-state index in [9.17, 15) is 9.59 Å². The maximum absolute atomic E-state index is 12.4. The Morgan fingerprint density at radius 2 is 1.77 bits per heavy atom. The van der Waals surface area contributed by atoms with Crippen LogP contribution >= 0.6 is 0 Å². The van der Waals surface area contributed by atoms with E-state index in [4.69, 9.17) is 0 Å². The number of para-hydroxylation sites is 1. The number of rotatable bonds is 5. The van der Waals surface area contributed by atoms with Crippen LogP contribution in [0.15, 0.2) is 48.5 Å². The Kier molecular flexibility index (Phi) is 5.27. The standard InChI is InChI=1S/C17H19N3O2/c1-12-6-5-7-13(10-12)19-17(22)14-8-3-4-9-15(14)20-16(21)11-18-2/h3-10,18H,11H2,1-2H3,(H,19,22)(H,20,21). The van der Waals surface area contributed by atoms with Gasteiger partial charge in [0.15, 0.2) is 0 Å². The van der Waals surface area contributed by atoms with E-state index in [0.29, 0.717) is 11.3 Å². The van der Waals surface area contributed by atoms with E-state index in [1.807, 2.05) is 31.2 Å². The molecule has 0 heterocycles. The van der Waals surface area contributed by atoms with Gasteiger partial charge in [-0.05, 0) is 43.8 Å². The Balaban J connectivity index is 2.17. The van der Waals surface area contributed by atoms with E-state index in [1.165, 1.54) is 0 Å². The van der Waals surface area contributed by atoms with Crippen molar-refractivity contribution in [2.24, 2.45) is 0 Å². The lowest BCUT2D eigenvalue weighted by atomic mass is 10.1. The Bertz CT molecular complexity index is 683. The molecule has 0 aliphatic carbocycles. The van der Waals surface area contributed by atoms with Gasteiger partial charge < -0.3 is 16.0 Å². The fourth-order valence-electron chi connectivity index (χ4n) is 2.07. The smallest absolute Gasteiger partial charge is 0.257 e. The van der Waals surface area contributed by atoms with Crippen LogP contribution in [0.2, 0.25) is 0 Å². The first-order valence-corrected chi connectivity index (χ1v) is 7.01. The van der Waals surface area contributed by atoms with E-state index in [-0.39, 0.29) is 18.4 Å². The molecular formula is C17H19N3O2. The summed E-state index contributed by atoms with van der Waals surface area (Å²) in [5, 5.41) is 8.34. The van der Waals surface area contributed by atoms with E-state index >= 15 is 0 Å². The first kappa shape index (κ1) is 15.7. The first-order chi connectivity index (χ1) is 10.6. The molecule has 0 aliphatic heterocycles. The molecule has 2 rings (SSSR count). The molecule has 0 aromatic heterocycles. The van der Waals surface area contributed by atoms with Gasteiger partial charge in [0, 0.05) is 5.69 Å². The van der Waals surface area contributed by atoms with Crippen LogP contribution in [0, 0.1) is 6.92 Å². The van der Waals surface area contributed by atoms with Crippen molar-refractivity contribution in [3.05, 3.63) is 59.7 Å². The number of amides is 2. The normalized spacial score (nSPS) is 10.1. The van der Waals surface area contributed by atoms with Crippen molar-refractivity contribution in [2.45, 2.75) is 6.92 Å². The van der Waals surface area contributed by atoms with E-state index in [2.05, 4.69) is 16.0 Å². The van der Waals surface area contributed by atoms with Crippen LogP contribution in [0.4, 0.5) is 11.4 Å². The molecule has 2 aromatic rings. The fraction of sp³-hybridized carbons (Fsp3) is 0.176. The third-order valence-corrected chi connectivity index (χ3v) is 3.06. The number of anilines is 2. The molecule has 5 heteroatoms. The van der Waals surface area contributed by atoms with Gasteiger partial charge in [-0.15, -0.1) is 0 Å². The molecule has 0 spiro atoms. The Labute approximate surface area is 129 Å². The highest BCUT2D eigenvalue weighted by molar-refractivity contribution is 6.10. The SMILES string of the molecule is CNCC(=O)Nc1ccccc1C(=O)Nc1cccc(C)c1. The highest BCUT2D eigenvalue weighted by Gasteiger charge is 2.13. The maximum atomic E-state index is 12.4. The number of aryl methyl sites for hydroxylation is 1. The first-order valence-electron chi connectivity index (χ1n) is 7.01. The minimum atomic E-state index is -0.258. The molecule has 0 saturated carbocycles. The van der Waals surface area contributed by atoms with Crippen LogP contribution < -0.4 is 16.0 Å². The number of nitrogens with one attached hydrogen (secondary N) is 3. The van der Waals surface area contributed by atoms with Gasteiger partial charge in [-0.1, -0.05) is 24.3 Å². The Morgan fingerprint density at radius 1 is 1.00 bits per heavy atom. The lowest BCUT2D eigenvalue weighted by Gasteiger charge is -2.11. The third-order valence-electron chi connectivity index (χ3n) is 3.06. The molecule has 3 N–H and O–H groups in total. The zero-order valence-electron chi connectivity index (χ0n) is 12.6. The summed E-state index contributed by atoms with van der Waals surface area (Å²) in [7, 11) is 1.69.